The summed E-state index contributed by atoms with van der Waals surface area (Å²) in [6.07, 6.45) is 0. The number of carbonyl (C=O) groups excluding carboxylic acids is 2. The Kier molecular flexibility index (Phi) is 7.17. The smallest absolute Gasteiger partial charge is 0.295 e. The molecular formula is C25H28BrN3O4. The summed E-state index contributed by atoms with van der Waals surface area (Å²) in [5.74, 6) is -1.39. The quantitative estimate of drug-likeness (QED) is 0.363. The average molecular weight is 514 g/mol. The number of Topliss-reactive ketones (excluding diaryl/α,β-unsaturated/α-hetero) is 1. The van der Waals surface area contributed by atoms with Crippen molar-refractivity contribution >= 4 is 39.1 Å². The molecule has 2 saturated heterocycles. The average Bonchev–Trinajstić information content (AvgIpc) is 3.08. The Morgan fingerprint density at radius 2 is 1.67 bits per heavy atom. The van der Waals surface area contributed by atoms with Crippen LogP contribution in [-0.4, -0.2) is 80.1 Å². The maximum Gasteiger partial charge on any atom is 0.295 e. The van der Waals surface area contributed by atoms with Gasteiger partial charge in [-0.05, 0) is 29.8 Å². The summed E-state index contributed by atoms with van der Waals surface area (Å²) in [6.45, 7) is 3.95. The minimum Gasteiger partial charge on any atom is -0.507 e. The van der Waals surface area contributed by atoms with Crippen LogP contribution in [0.15, 0.2) is 58.6 Å². The van der Waals surface area contributed by atoms with E-state index in [1.165, 1.54) is 0 Å². The van der Waals surface area contributed by atoms with Crippen molar-refractivity contribution < 1.29 is 19.4 Å². The summed E-state index contributed by atoms with van der Waals surface area (Å²) < 4.78 is 6.27. The van der Waals surface area contributed by atoms with Gasteiger partial charge in [0.2, 0.25) is 0 Å². The second-order valence-corrected chi connectivity index (χ2v) is 9.36. The Balaban J connectivity index is 1.73. The van der Waals surface area contributed by atoms with Gasteiger partial charge in [-0.1, -0.05) is 40.2 Å². The van der Waals surface area contributed by atoms with Gasteiger partial charge in [0.05, 0.1) is 24.8 Å². The maximum atomic E-state index is 13.1. The van der Waals surface area contributed by atoms with E-state index in [1.54, 1.807) is 29.2 Å². The van der Waals surface area contributed by atoms with E-state index in [0.29, 0.717) is 31.9 Å². The second kappa shape index (κ2) is 10.1. The molecule has 1 N–H and O–H groups in total. The normalized spacial score (nSPS) is 20.9. The predicted molar refractivity (Wildman–Crippen MR) is 131 cm³/mol. The van der Waals surface area contributed by atoms with Gasteiger partial charge in [0.15, 0.2) is 0 Å². The standard InChI is InChI=1S/C25H28BrN3O4/c1-27(2)20-9-5-17(6-10-20)22-21(23(30)18-3-7-19(26)8-4-18)24(31)25(32)29(22)12-11-28-13-15-33-16-14-28/h3-10,22,30H,11-16H2,1-2H3/t22-/m1/s1. The van der Waals surface area contributed by atoms with Crippen LogP contribution in [0.3, 0.4) is 0 Å². The first-order valence-corrected chi connectivity index (χ1v) is 11.8. The van der Waals surface area contributed by atoms with Gasteiger partial charge in [0, 0.05) is 56.0 Å². The van der Waals surface area contributed by atoms with Crippen molar-refractivity contribution in [2.45, 2.75) is 6.04 Å². The molecule has 0 saturated carbocycles. The lowest BCUT2D eigenvalue weighted by Gasteiger charge is -2.31. The van der Waals surface area contributed by atoms with Crippen LogP contribution < -0.4 is 4.90 Å². The molecule has 0 radical (unpaired) electrons. The topological polar surface area (TPSA) is 73.3 Å². The first-order valence-electron chi connectivity index (χ1n) is 11.0. The van der Waals surface area contributed by atoms with Gasteiger partial charge in [0.1, 0.15) is 5.76 Å². The van der Waals surface area contributed by atoms with Gasteiger partial charge in [0.25, 0.3) is 11.7 Å². The van der Waals surface area contributed by atoms with Gasteiger partial charge in [-0.15, -0.1) is 0 Å². The molecule has 0 spiro atoms. The van der Waals surface area contributed by atoms with E-state index in [-0.39, 0.29) is 11.3 Å². The van der Waals surface area contributed by atoms with Gasteiger partial charge < -0.3 is 19.6 Å². The summed E-state index contributed by atoms with van der Waals surface area (Å²) in [7, 11) is 3.91. The van der Waals surface area contributed by atoms with E-state index in [4.69, 9.17) is 4.74 Å². The first kappa shape index (κ1) is 23.5. The molecule has 33 heavy (non-hydrogen) atoms. The number of likely N-dealkylation sites (tertiary alicyclic amines) is 1. The largest absolute Gasteiger partial charge is 0.507 e. The van der Waals surface area contributed by atoms with Crippen LogP contribution in [0.2, 0.25) is 0 Å². The summed E-state index contributed by atoms with van der Waals surface area (Å²) in [5, 5.41) is 11.1. The number of ketones is 1. The lowest BCUT2D eigenvalue weighted by atomic mass is 9.95. The molecule has 0 aromatic heterocycles. The van der Waals surface area contributed by atoms with Crippen molar-refractivity contribution in [3.63, 3.8) is 0 Å². The molecule has 1 amide bonds. The van der Waals surface area contributed by atoms with Crippen molar-refractivity contribution in [2.75, 3.05) is 58.4 Å². The van der Waals surface area contributed by atoms with Gasteiger partial charge in [-0.2, -0.15) is 0 Å². The number of amides is 1. The fourth-order valence-corrected chi connectivity index (χ4v) is 4.51. The van der Waals surface area contributed by atoms with E-state index >= 15 is 0 Å². The second-order valence-electron chi connectivity index (χ2n) is 8.44. The first-order chi connectivity index (χ1) is 15.9. The molecule has 2 aliphatic heterocycles. The zero-order chi connectivity index (χ0) is 23.5. The van der Waals surface area contributed by atoms with Crippen LogP contribution in [0.4, 0.5) is 5.69 Å². The number of hydrogen-bond donors (Lipinski definition) is 1. The Hall–Kier alpha value is -2.68. The molecule has 8 heteroatoms. The summed E-state index contributed by atoms with van der Waals surface area (Å²) >= 11 is 3.39. The number of nitrogens with zero attached hydrogens (tertiary/aromatic N) is 3. The molecule has 2 aromatic carbocycles. The molecule has 174 valence electrons. The van der Waals surface area contributed by atoms with E-state index in [1.807, 2.05) is 43.3 Å². The number of hydrogen-bond acceptors (Lipinski definition) is 6. The fraction of sp³-hybridized carbons (Fsp3) is 0.360. The van der Waals surface area contributed by atoms with Crippen LogP contribution in [-0.2, 0) is 14.3 Å². The fourth-order valence-electron chi connectivity index (χ4n) is 4.25. The molecule has 1 atom stereocenters. The molecule has 2 aliphatic rings. The Bertz CT molecular complexity index is 1040. The molecular weight excluding hydrogens is 486 g/mol. The van der Waals surface area contributed by atoms with Crippen molar-refractivity contribution in [1.82, 2.24) is 9.80 Å². The third-order valence-corrected chi connectivity index (χ3v) is 6.67. The molecule has 2 aromatic rings. The van der Waals surface area contributed by atoms with Crippen molar-refractivity contribution in [3.8, 4) is 0 Å². The van der Waals surface area contributed by atoms with Crippen LogP contribution in [0.1, 0.15) is 17.2 Å². The minimum absolute atomic E-state index is 0.127. The number of carbonyl (C=O) groups is 2. The molecule has 0 aliphatic carbocycles. The number of ether oxygens (including phenoxy) is 1. The van der Waals surface area contributed by atoms with E-state index in [9.17, 15) is 14.7 Å². The molecule has 4 rings (SSSR count). The minimum atomic E-state index is -0.654. The molecule has 0 unspecified atom stereocenters. The Morgan fingerprint density at radius 3 is 2.27 bits per heavy atom. The van der Waals surface area contributed by atoms with E-state index < -0.39 is 17.7 Å². The van der Waals surface area contributed by atoms with Crippen molar-refractivity contribution in [3.05, 3.63) is 69.7 Å². The van der Waals surface area contributed by atoms with Crippen molar-refractivity contribution in [1.29, 1.82) is 0 Å². The third-order valence-electron chi connectivity index (χ3n) is 6.14. The van der Waals surface area contributed by atoms with Crippen LogP contribution >= 0.6 is 15.9 Å². The van der Waals surface area contributed by atoms with E-state index in [2.05, 4.69) is 20.8 Å². The van der Waals surface area contributed by atoms with Crippen molar-refractivity contribution in [2.24, 2.45) is 0 Å². The van der Waals surface area contributed by atoms with Gasteiger partial charge in [-0.25, -0.2) is 0 Å². The zero-order valence-electron chi connectivity index (χ0n) is 18.8. The van der Waals surface area contributed by atoms with Crippen LogP contribution in [0.5, 0.6) is 0 Å². The van der Waals surface area contributed by atoms with Gasteiger partial charge >= 0.3 is 0 Å². The Morgan fingerprint density at radius 1 is 1.03 bits per heavy atom. The number of morpholine rings is 1. The number of aliphatic hydroxyl groups excluding tert-OH is 1. The predicted octanol–water partition coefficient (Wildman–Crippen LogP) is 3.27. The lowest BCUT2D eigenvalue weighted by molar-refractivity contribution is -0.140. The summed E-state index contributed by atoms with van der Waals surface area (Å²) in [5.41, 5.74) is 2.43. The Labute approximate surface area is 202 Å². The zero-order valence-corrected chi connectivity index (χ0v) is 20.4. The highest BCUT2D eigenvalue weighted by Crippen LogP contribution is 2.39. The SMILES string of the molecule is CN(C)c1ccc([C@@H]2C(=C(O)c3ccc(Br)cc3)C(=O)C(=O)N2CCN2CCOCC2)cc1. The third kappa shape index (κ3) is 4.98. The lowest BCUT2D eigenvalue weighted by Crippen LogP contribution is -2.42. The highest BCUT2D eigenvalue weighted by atomic mass is 79.9. The molecule has 7 nitrogen and oxygen atoms in total. The molecule has 2 fully saturated rings. The van der Waals surface area contributed by atoms with E-state index in [0.717, 1.165) is 28.8 Å². The van der Waals surface area contributed by atoms with Crippen LogP contribution in [0, 0.1) is 0 Å². The number of benzene rings is 2. The summed E-state index contributed by atoms with van der Waals surface area (Å²) in [6, 6.07) is 14.2. The van der Waals surface area contributed by atoms with Crippen LogP contribution in [0.25, 0.3) is 5.76 Å². The number of halogens is 1. The maximum absolute atomic E-state index is 13.1. The number of rotatable bonds is 6. The number of anilines is 1. The summed E-state index contributed by atoms with van der Waals surface area (Å²) in [4.78, 5) is 32.1. The highest BCUT2D eigenvalue weighted by Gasteiger charge is 2.46. The number of aliphatic hydroxyl groups is 1. The molecule has 2 heterocycles. The molecule has 0 bridgehead atoms. The highest BCUT2D eigenvalue weighted by molar-refractivity contribution is 9.10. The monoisotopic (exact) mass is 513 g/mol. The van der Waals surface area contributed by atoms with Gasteiger partial charge in [-0.3, -0.25) is 14.5 Å².